The first-order valence-electron chi connectivity index (χ1n) is 4.33. The maximum atomic E-state index is 10.7. The van der Waals surface area contributed by atoms with Crippen LogP contribution in [-0.4, -0.2) is 28.3 Å². The van der Waals surface area contributed by atoms with Gasteiger partial charge in [0.25, 0.3) is 0 Å². The first kappa shape index (κ1) is 10.5. The largest absolute Gasteiger partial charge is 0.480 e. The monoisotopic (exact) mass is 195 g/mol. The number of carboxylic acid groups (broad SMARTS) is 1. The predicted molar refractivity (Wildman–Crippen MR) is 53.2 cm³/mol. The first-order chi connectivity index (χ1) is 6.61. The molecule has 14 heavy (non-hydrogen) atoms. The molecular formula is C10H13NO3. The van der Waals surface area contributed by atoms with Crippen molar-refractivity contribution >= 4 is 11.7 Å². The van der Waals surface area contributed by atoms with Crippen LogP contribution >= 0.6 is 0 Å². The fourth-order valence-electron chi connectivity index (χ4n) is 1.10. The summed E-state index contributed by atoms with van der Waals surface area (Å²) in [5, 5.41) is 20.7. The number of aliphatic carboxylic acids is 1. The highest BCUT2D eigenvalue weighted by molar-refractivity contribution is 5.78. The smallest absolute Gasteiger partial charge is 0.328 e. The van der Waals surface area contributed by atoms with Gasteiger partial charge in [-0.2, -0.15) is 0 Å². The number of rotatable bonds is 4. The molecule has 1 aromatic rings. The molecule has 0 heterocycles. The Balaban J connectivity index is 2.70. The van der Waals surface area contributed by atoms with Crippen LogP contribution in [0.4, 0.5) is 5.69 Å². The van der Waals surface area contributed by atoms with Crippen molar-refractivity contribution in [3.05, 3.63) is 30.3 Å². The summed E-state index contributed by atoms with van der Waals surface area (Å²) >= 11 is 0. The maximum Gasteiger partial charge on any atom is 0.328 e. The number of nitrogens with one attached hydrogen (secondary N) is 1. The summed E-state index contributed by atoms with van der Waals surface area (Å²) in [6.45, 7) is 1.44. The number of carbonyl (C=O) groups is 1. The molecule has 1 aromatic carbocycles. The van der Waals surface area contributed by atoms with Crippen molar-refractivity contribution in [3.8, 4) is 0 Å². The highest BCUT2D eigenvalue weighted by Crippen LogP contribution is 2.09. The predicted octanol–water partition coefficient (Wildman–Crippen LogP) is 0.932. The molecule has 2 atom stereocenters. The molecule has 4 heteroatoms. The Bertz CT molecular complexity index is 297. The Morgan fingerprint density at radius 3 is 2.36 bits per heavy atom. The standard InChI is InChI=1S/C10H13NO3/c1-7(12)9(10(13)14)11-8-5-3-2-4-6-8/h2-7,9,11-12H,1H3,(H,13,14)/t7-,9+/m1/s1. The number of anilines is 1. The molecule has 1 rings (SSSR count). The van der Waals surface area contributed by atoms with Gasteiger partial charge in [0.05, 0.1) is 6.10 Å². The van der Waals surface area contributed by atoms with Gasteiger partial charge >= 0.3 is 5.97 Å². The van der Waals surface area contributed by atoms with E-state index in [2.05, 4.69) is 5.32 Å². The molecule has 0 spiro atoms. The molecule has 0 aliphatic heterocycles. The lowest BCUT2D eigenvalue weighted by molar-refractivity contribution is -0.140. The summed E-state index contributed by atoms with van der Waals surface area (Å²) in [6, 6.07) is 7.95. The number of benzene rings is 1. The highest BCUT2D eigenvalue weighted by atomic mass is 16.4. The zero-order valence-corrected chi connectivity index (χ0v) is 7.84. The number of aliphatic hydroxyl groups excluding tert-OH is 1. The van der Waals surface area contributed by atoms with E-state index < -0.39 is 18.1 Å². The molecular weight excluding hydrogens is 182 g/mol. The van der Waals surface area contributed by atoms with Crippen LogP contribution in [0.1, 0.15) is 6.92 Å². The average Bonchev–Trinajstić information content (AvgIpc) is 2.15. The molecule has 0 saturated heterocycles. The van der Waals surface area contributed by atoms with Gasteiger partial charge in [-0.05, 0) is 19.1 Å². The molecule has 0 fully saturated rings. The van der Waals surface area contributed by atoms with Gasteiger partial charge in [-0.1, -0.05) is 18.2 Å². The number of para-hydroxylation sites is 1. The molecule has 0 saturated carbocycles. The second-order valence-corrected chi connectivity index (χ2v) is 3.07. The van der Waals surface area contributed by atoms with Gasteiger partial charge in [0.2, 0.25) is 0 Å². The molecule has 76 valence electrons. The molecule has 0 amide bonds. The summed E-state index contributed by atoms with van der Waals surface area (Å²) < 4.78 is 0. The van der Waals surface area contributed by atoms with Crippen LogP contribution in [0.25, 0.3) is 0 Å². The van der Waals surface area contributed by atoms with Crippen molar-refractivity contribution in [2.24, 2.45) is 0 Å². The van der Waals surface area contributed by atoms with Crippen LogP contribution in [0.3, 0.4) is 0 Å². The number of carboxylic acids is 1. The lowest BCUT2D eigenvalue weighted by Gasteiger charge is -2.17. The molecule has 3 N–H and O–H groups in total. The topological polar surface area (TPSA) is 69.6 Å². The average molecular weight is 195 g/mol. The van der Waals surface area contributed by atoms with E-state index >= 15 is 0 Å². The Kier molecular flexibility index (Phi) is 3.48. The Morgan fingerprint density at radius 2 is 1.93 bits per heavy atom. The quantitative estimate of drug-likeness (QED) is 0.668. The lowest BCUT2D eigenvalue weighted by atomic mass is 10.1. The van der Waals surface area contributed by atoms with E-state index in [4.69, 9.17) is 5.11 Å². The van der Waals surface area contributed by atoms with Crippen molar-refractivity contribution in [1.82, 2.24) is 0 Å². The zero-order valence-electron chi connectivity index (χ0n) is 7.84. The van der Waals surface area contributed by atoms with Crippen LogP contribution in [0.2, 0.25) is 0 Å². The summed E-state index contributed by atoms with van der Waals surface area (Å²) in [5.74, 6) is -1.07. The zero-order chi connectivity index (χ0) is 10.6. The third-order valence-corrected chi connectivity index (χ3v) is 1.84. The van der Waals surface area contributed by atoms with Gasteiger partial charge in [-0.25, -0.2) is 4.79 Å². The summed E-state index contributed by atoms with van der Waals surface area (Å²) in [5.41, 5.74) is 0.681. The molecule has 0 bridgehead atoms. The van der Waals surface area contributed by atoms with Crippen LogP contribution in [0, 0.1) is 0 Å². The van der Waals surface area contributed by atoms with E-state index in [1.807, 2.05) is 6.07 Å². The van der Waals surface area contributed by atoms with E-state index in [1.54, 1.807) is 24.3 Å². The fraction of sp³-hybridized carbons (Fsp3) is 0.300. The van der Waals surface area contributed by atoms with Gasteiger partial charge in [-0.15, -0.1) is 0 Å². The van der Waals surface area contributed by atoms with Crippen molar-refractivity contribution < 1.29 is 15.0 Å². The van der Waals surface area contributed by atoms with Crippen molar-refractivity contribution in [2.75, 3.05) is 5.32 Å². The summed E-state index contributed by atoms with van der Waals surface area (Å²) in [6.07, 6.45) is -0.937. The van der Waals surface area contributed by atoms with Gasteiger partial charge in [-0.3, -0.25) is 0 Å². The molecule has 4 nitrogen and oxygen atoms in total. The Labute approximate surface area is 82.2 Å². The second kappa shape index (κ2) is 4.62. The van der Waals surface area contributed by atoms with Gasteiger partial charge in [0, 0.05) is 5.69 Å². The Morgan fingerprint density at radius 1 is 1.36 bits per heavy atom. The van der Waals surface area contributed by atoms with Crippen LogP contribution in [0.15, 0.2) is 30.3 Å². The normalized spacial score (nSPS) is 14.4. The molecule has 0 radical (unpaired) electrons. The summed E-state index contributed by atoms with van der Waals surface area (Å²) in [7, 11) is 0. The molecule has 0 aromatic heterocycles. The van der Waals surface area contributed by atoms with E-state index in [0.717, 1.165) is 0 Å². The second-order valence-electron chi connectivity index (χ2n) is 3.07. The molecule has 0 aliphatic carbocycles. The van der Waals surface area contributed by atoms with E-state index in [9.17, 15) is 9.90 Å². The van der Waals surface area contributed by atoms with E-state index in [1.165, 1.54) is 6.92 Å². The van der Waals surface area contributed by atoms with Crippen molar-refractivity contribution in [3.63, 3.8) is 0 Å². The van der Waals surface area contributed by atoms with Crippen LogP contribution in [0.5, 0.6) is 0 Å². The summed E-state index contributed by atoms with van der Waals surface area (Å²) in [4.78, 5) is 10.7. The van der Waals surface area contributed by atoms with Crippen LogP contribution < -0.4 is 5.32 Å². The Hall–Kier alpha value is -1.55. The molecule has 0 aliphatic rings. The van der Waals surface area contributed by atoms with E-state index in [0.29, 0.717) is 5.69 Å². The van der Waals surface area contributed by atoms with Crippen LogP contribution in [-0.2, 0) is 4.79 Å². The lowest BCUT2D eigenvalue weighted by Crippen LogP contribution is -2.38. The van der Waals surface area contributed by atoms with Gasteiger partial charge in [0.1, 0.15) is 0 Å². The fourth-order valence-corrected chi connectivity index (χ4v) is 1.10. The number of hydrogen-bond donors (Lipinski definition) is 3. The van der Waals surface area contributed by atoms with Crippen molar-refractivity contribution in [2.45, 2.75) is 19.1 Å². The first-order valence-corrected chi connectivity index (χ1v) is 4.33. The minimum Gasteiger partial charge on any atom is -0.480 e. The number of aliphatic hydroxyl groups is 1. The minimum atomic E-state index is -1.07. The number of hydrogen-bond acceptors (Lipinski definition) is 3. The highest BCUT2D eigenvalue weighted by Gasteiger charge is 2.22. The van der Waals surface area contributed by atoms with Crippen molar-refractivity contribution in [1.29, 1.82) is 0 Å². The SMILES string of the molecule is C[C@@H](O)[C@H](Nc1ccccc1)C(=O)O. The third-order valence-electron chi connectivity index (χ3n) is 1.84. The molecule has 0 unspecified atom stereocenters. The van der Waals surface area contributed by atoms with E-state index in [-0.39, 0.29) is 0 Å². The maximum absolute atomic E-state index is 10.7. The third kappa shape index (κ3) is 2.74. The van der Waals surface area contributed by atoms with Gasteiger partial charge < -0.3 is 15.5 Å². The minimum absolute atomic E-state index is 0.681. The van der Waals surface area contributed by atoms with Gasteiger partial charge in [0.15, 0.2) is 6.04 Å².